The van der Waals surface area contributed by atoms with E-state index in [0.29, 0.717) is 18.5 Å². The highest BCUT2D eigenvalue weighted by Gasteiger charge is 2.42. The van der Waals surface area contributed by atoms with Crippen LogP contribution in [-0.2, 0) is 4.79 Å². The lowest BCUT2D eigenvalue weighted by atomic mass is 9.78. The first kappa shape index (κ1) is 9.00. The Morgan fingerprint density at radius 1 is 1.38 bits per heavy atom. The van der Waals surface area contributed by atoms with Crippen molar-refractivity contribution in [2.75, 3.05) is 6.54 Å². The van der Waals surface area contributed by atoms with E-state index < -0.39 is 0 Å². The summed E-state index contributed by atoms with van der Waals surface area (Å²) < 4.78 is 0. The molecule has 1 aliphatic carbocycles. The van der Waals surface area contributed by atoms with E-state index in [9.17, 15) is 4.79 Å². The molecule has 3 heteroatoms. The summed E-state index contributed by atoms with van der Waals surface area (Å²) in [6, 6.07) is 0.470. The predicted octanol–water partition coefficient (Wildman–Crippen LogP) is 0.640. The van der Waals surface area contributed by atoms with Gasteiger partial charge in [-0.25, -0.2) is 0 Å². The standard InChI is InChI=1S/C10H18N2O/c11-6-5-8-7-3-1-2-4-9(7)12-10(8)13/h7-9H,1-6,11H2,(H,12,13). The molecule has 0 aromatic heterocycles. The molecule has 1 heterocycles. The van der Waals surface area contributed by atoms with E-state index in [0.717, 1.165) is 6.42 Å². The predicted molar refractivity (Wildman–Crippen MR) is 51.1 cm³/mol. The molecule has 0 aromatic carbocycles. The van der Waals surface area contributed by atoms with Crippen LogP contribution in [0.25, 0.3) is 0 Å². The normalized spacial score (nSPS) is 38.5. The van der Waals surface area contributed by atoms with Gasteiger partial charge in [-0.05, 0) is 31.7 Å². The fourth-order valence-corrected chi connectivity index (χ4v) is 2.83. The zero-order valence-electron chi connectivity index (χ0n) is 7.96. The number of amides is 1. The Morgan fingerprint density at radius 2 is 2.15 bits per heavy atom. The number of carbonyl (C=O) groups excluding carboxylic acids is 1. The lowest BCUT2D eigenvalue weighted by Gasteiger charge is -2.26. The lowest BCUT2D eigenvalue weighted by molar-refractivity contribution is -0.123. The maximum absolute atomic E-state index is 11.6. The van der Waals surface area contributed by atoms with Crippen LogP contribution in [0.1, 0.15) is 32.1 Å². The Balaban J connectivity index is 2.04. The molecule has 0 bridgehead atoms. The molecule has 3 unspecified atom stereocenters. The van der Waals surface area contributed by atoms with Gasteiger partial charge in [-0.1, -0.05) is 12.8 Å². The van der Waals surface area contributed by atoms with E-state index >= 15 is 0 Å². The monoisotopic (exact) mass is 182 g/mol. The molecule has 13 heavy (non-hydrogen) atoms. The SMILES string of the molecule is NCCC1C(=O)NC2CCCCC21. The number of carbonyl (C=O) groups is 1. The maximum atomic E-state index is 11.6. The van der Waals surface area contributed by atoms with E-state index in [2.05, 4.69) is 5.32 Å². The minimum absolute atomic E-state index is 0.218. The van der Waals surface area contributed by atoms with Crippen molar-refractivity contribution in [3.05, 3.63) is 0 Å². The van der Waals surface area contributed by atoms with Gasteiger partial charge in [0.15, 0.2) is 0 Å². The van der Waals surface area contributed by atoms with Crippen molar-refractivity contribution in [1.82, 2.24) is 5.32 Å². The Morgan fingerprint density at radius 3 is 2.92 bits per heavy atom. The minimum Gasteiger partial charge on any atom is -0.353 e. The first-order chi connectivity index (χ1) is 6.33. The minimum atomic E-state index is 0.218. The van der Waals surface area contributed by atoms with E-state index in [1.54, 1.807) is 0 Å². The average Bonchev–Trinajstić information content (AvgIpc) is 2.44. The average molecular weight is 182 g/mol. The second-order valence-electron chi connectivity index (χ2n) is 4.25. The Kier molecular flexibility index (Phi) is 2.54. The maximum Gasteiger partial charge on any atom is 0.223 e. The zero-order chi connectivity index (χ0) is 9.26. The van der Waals surface area contributed by atoms with Gasteiger partial charge in [0, 0.05) is 12.0 Å². The molecule has 1 saturated carbocycles. The summed E-state index contributed by atoms with van der Waals surface area (Å²) in [5.41, 5.74) is 5.51. The molecule has 1 aliphatic heterocycles. The van der Waals surface area contributed by atoms with Crippen molar-refractivity contribution < 1.29 is 4.79 Å². The van der Waals surface area contributed by atoms with Gasteiger partial charge >= 0.3 is 0 Å². The molecule has 1 saturated heterocycles. The fourth-order valence-electron chi connectivity index (χ4n) is 2.83. The van der Waals surface area contributed by atoms with Gasteiger partial charge in [0.05, 0.1) is 0 Å². The third-order valence-corrected chi connectivity index (χ3v) is 3.48. The van der Waals surface area contributed by atoms with Crippen molar-refractivity contribution in [3.63, 3.8) is 0 Å². The molecule has 2 rings (SSSR count). The molecule has 0 aromatic rings. The van der Waals surface area contributed by atoms with Gasteiger partial charge in [-0.2, -0.15) is 0 Å². The Hall–Kier alpha value is -0.570. The zero-order valence-corrected chi connectivity index (χ0v) is 7.96. The number of hydrogen-bond donors (Lipinski definition) is 2. The third-order valence-electron chi connectivity index (χ3n) is 3.48. The summed E-state index contributed by atoms with van der Waals surface area (Å²) >= 11 is 0. The van der Waals surface area contributed by atoms with E-state index in [1.807, 2.05) is 0 Å². The molecule has 3 nitrogen and oxygen atoms in total. The number of nitrogens with two attached hydrogens (primary N) is 1. The fraction of sp³-hybridized carbons (Fsp3) is 0.900. The molecule has 1 amide bonds. The van der Waals surface area contributed by atoms with Gasteiger partial charge in [0.25, 0.3) is 0 Å². The molecule has 2 fully saturated rings. The highest BCUT2D eigenvalue weighted by Crippen LogP contribution is 2.36. The highest BCUT2D eigenvalue weighted by molar-refractivity contribution is 5.81. The molecule has 74 valence electrons. The van der Waals surface area contributed by atoms with Crippen molar-refractivity contribution >= 4 is 5.91 Å². The van der Waals surface area contributed by atoms with Crippen LogP contribution in [0.15, 0.2) is 0 Å². The largest absolute Gasteiger partial charge is 0.353 e. The third kappa shape index (κ3) is 1.57. The van der Waals surface area contributed by atoms with Crippen molar-refractivity contribution in [1.29, 1.82) is 0 Å². The number of fused-ring (bicyclic) bond motifs is 1. The van der Waals surface area contributed by atoms with Crippen molar-refractivity contribution in [3.8, 4) is 0 Å². The molecule has 3 atom stereocenters. The van der Waals surface area contributed by atoms with Crippen LogP contribution >= 0.6 is 0 Å². The summed E-state index contributed by atoms with van der Waals surface area (Å²) in [6.07, 6.45) is 5.83. The van der Waals surface area contributed by atoms with Crippen LogP contribution in [0.2, 0.25) is 0 Å². The second-order valence-corrected chi connectivity index (χ2v) is 4.25. The van der Waals surface area contributed by atoms with Crippen LogP contribution in [0, 0.1) is 11.8 Å². The second kappa shape index (κ2) is 3.66. The molecule has 0 radical (unpaired) electrons. The first-order valence-electron chi connectivity index (χ1n) is 5.33. The first-order valence-corrected chi connectivity index (χ1v) is 5.33. The summed E-state index contributed by atoms with van der Waals surface area (Å²) in [4.78, 5) is 11.6. The van der Waals surface area contributed by atoms with Gasteiger partial charge in [0.1, 0.15) is 0 Å². The van der Waals surface area contributed by atoms with Gasteiger partial charge in [0.2, 0.25) is 5.91 Å². The molecule has 3 N–H and O–H groups in total. The summed E-state index contributed by atoms with van der Waals surface area (Å²) in [6.45, 7) is 0.640. The van der Waals surface area contributed by atoms with Crippen molar-refractivity contribution in [2.45, 2.75) is 38.1 Å². The van der Waals surface area contributed by atoms with Crippen LogP contribution in [0.5, 0.6) is 0 Å². The summed E-state index contributed by atoms with van der Waals surface area (Å²) in [5.74, 6) is 1.06. The van der Waals surface area contributed by atoms with Crippen LogP contribution in [0.3, 0.4) is 0 Å². The Labute approximate surface area is 79.1 Å². The summed E-state index contributed by atoms with van der Waals surface area (Å²) in [7, 11) is 0. The Bertz CT molecular complexity index is 205. The topological polar surface area (TPSA) is 55.1 Å². The highest BCUT2D eigenvalue weighted by atomic mass is 16.2. The molecular weight excluding hydrogens is 164 g/mol. The van der Waals surface area contributed by atoms with E-state index in [-0.39, 0.29) is 11.8 Å². The molecular formula is C10H18N2O. The molecule has 0 spiro atoms. The smallest absolute Gasteiger partial charge is 0.223 e. The molecule has 2 aliphatic rings. The number of hydrogen-bond acceptors (Lipinski definition) is 2. The van der Waals surface area contributed by atoms with Gasteiger partial charge in [-0.3, -0.25) is 4.79 Å². The quantitative estimate of drug-likeness (QED) is 0.658. The van der Waals surface area contributed by atoms with Crippen LogP contribution in [0.4, 0.5) is 0 Å². The van der Waals surface area contributed by atoms with E-state index in [4.69, 9.17) is 5.73 Å². The number of nitrogens with one attached hydrogen (secondary N) is 1. The van der Waals surface area contributed by atoms with Gasteiger partial charge < -0.3 is 11.1 Å². The summed E-state index contributed by atoms with van der Waals surface area (Å²) in [5, 5.41) is 3.10. The van der Waals surface area contributed by atoms with Gasteiger partial charge in [-0.15, -0.1) is 0 Å². The van der Waals surface area contributed by atoms with E-state index in [1.165, 1.54) is 25.7 Å². The number of rotatable bonds is 2. The van der Waals surface area contributed by atoms with Crippen LogP contribution in [-0.4, -0.2) is 18.5 Å². The van der Waals surface area contributed by atoms with Crippen LogP contribution < -0.4 is 11.1 Å². The lowest BCUT2D eigenvalue weighted by Crippen LogP contribution is -2.31. The van der Waals surface area contributed by atoms with Crippen molar-refractivity contribution in [2.24, 2.45) is 17.6 Å².